The maximum absolute atomic E-state index is 13.6. The Kier molecular flexibility index (Phi) is 5.70. The van der Waals surface area contributed by atoms with Crippen molar-refractivity contribution in [1.82, 2.24) is 5.32 Å². The van der Waals surface area contributed by atoms with Gasteiger partial charge in [-0.05, 0) is 57.4 Å². The number of aryl methyl sites for hydroxylation is 2. The second-order valence-electron chi connectivity index (χ2n) is 9.10. The van der Waals surface area contributed by atoms with E-state index in [0.29, 0.717) is 23.3 Å². The molecule has 0 saturated carbocycles. The minimum atomic E-state index is -0.549. The molecular formula is C29H28N2O3. The Morgan fingerprint density at radius 2 is 1.74 bits per heavy atom. The number of allylic oxidation sites excluding steroid dienone is 3. The molecule has 2 heterocycles. The number of amides is 1. The molecule has 3 aromatic rings. The average Bonchev–Trinajstić information content (AvgIpc) is 3.30. The van der Waals surface area contributed by atoms with Gasteiger partial charge in [0.1, 0.15) is 11.5 Å². The number of ketones is 1. The minimum Gasteiger partial charge on any atom is -0.460 e. The van der Waals surface area contributed by atoms with Crippen molar-refractivity contribution < 1.29 is 14.0 Å². The van der Waals surface area contributed by atoms with Crippen molar-refractivity contribution in [2.24, 2.45) is 0 Å². The normalized spacial score (nSPS) is 18.0. The van der Waals surface area contributed by atoms with E-state index >= 15 is 0 Å². The number of dihydropyridines is 1. The van der Waals surface area contributed by atoms with Crippen molar-refractivity contribution in [3.8, 4) is 11.3 Å². The summed E-state index contributed by atoms with van der Waals surface area (Å²) in [4.78, 5) is 26.7. The van der Waals surface area contributed by atoms with Gasteiger partial charge in [-0.2, -0.15) is 0 Å². The Morgan fingerprint density at radius 3 is 2.50 bits per heavy atom. The van der Waals surface area contributed by atoms with Gasteiger partial charge >= 0.3 is 0 Å². The molecule has 0 fully saturated rings. The topological polar surface area (TPSA) is 71.3 Å². The van der Waals surface area contributed by atoms with Crippen LogP contribution in [0.5, 0.6) is 0 Å². The van der Waals surface area contributed by atoms with Crippen LogP contribution in [0.25, 0.3) is 11.3 Å². The van der Waals surface area contributed by atoms with Crippen molar-refractivity contribution in [3.05, 3.63) is 100 Å². The molecule has 0 spiro atoms. The third-order valence-corrected chi connectivity index (χ3v) is 6.66. The van der Waals surface area contributed by atoms with Crippen molar-refractivity contribution in [2.45, 2.75) is 46.0 Å². The number of anilines is 1. The lowest BCUT2D eigenvalue weighted by molar-refractivity contribution is -0.116. The lowest BCUT2D eigenvalue weighted by Gasteiger charge is -2.33. The van der Waals surface area contributed by atoms with Gasteiger partial charge in [-0.15, -0.1) is 0 Å². The molecule has 1 aliphatic carbocycles. The van der Waals surface area contributed by atoms with Crippen molar-refractivity contribution in [2.75, 3.05) is 5.32 Å². The van der Waals surface area contributed by atoms with Crippen molar-refractivity contribution >= 4 is 17.4 Å². The van der Waals surface area contributed by atoms with E-state index in [9.17, 15) is 9.59 Å². The summed E-state index contributed by atoms with van der Waals surface area (Å²) in [6.45, 7) is 5.90. The molecule has 2 aromatic carbocycles. The fourth-order valence-corrected chi connectivity index (χ4v) is 4.85. The number of para-hydroxylation sites is 1. The highest BCUT2D eigenvalue weighted by molar-refractivity contribution is 6.09. The maximum Gasteiger partial charge on any atom is 0.254 e. The summed E-state index contributed by atoms with van der Waals surface area (Å²) in [5.74, 6) is 0.611. The fraction of sp³-hybridized carbons (Fsp3) is 0.241. The number of Topliss-reactive ketones (excluding diaryl/α,β-unsaturated/α-hetero) is 1. The highest BCUT2D eigenvalue weighted by Crippen LogP contribution is 2.43. The van der Waals surface area contributed by atoms with Gasteiger partial charge in [0.15, 0.2) is 5.78 Å². The lowest BCUT2D eigenvalue weighted by Crippen LogP contribution is -2.35. The summed E-state index contributed by atoms with van der Waals surface area (Å²) in [5, 5.41) is 6.41. The van der Waals surface area contributed by atoms with E-state index in [1.165, 1.54) is 5.56 Å². The molecule has 5 rings (SSSR count). The van der Waals surface area contributed by atoms with Crippen LogP contribution >= 0.6 is 0 Å². The molecule has 1 atom stereocenters. The van der Waals surface area contributed by atoms with Crippen LogP contribution in [-0.4, -0.2) is 11.7 Å². The van der Waals surface area contributed by atoms with Gasteiger partial charge in [0.25, 0.3) is 5.91 Å². The maximum atomic E-state index is 13.6. The molecule has 1 aliphatic heterocycles. The van der Waals surface area contributed by atoms with Gasteiger partial charge in [-0.3, -0.25) is 9.59 Å². The number of hydrogen-bond donors (Lipinski definition) is 2. The molecule has 34 heavy (non-hydrogen) atoms. The molecule has 1 unspecified atom stereocenters. The number of hydrogen-bond acceptors (Lipinski definition) is 4. The highest BCUT2D eigenvalue weighted by atomic mass is 16.3. The van der Waals surface area contributed by atoms with Gasteiger partial charge in [0, 0.05) is 34.6 Å². The lowest BCUT2D eigenvalue weighted by atomic mass is 9.77. The van der Waals surface area contributed by atoms with Crippen LogP contribution in [0.3, 0.4) is 0 Å². The number of carbonyl (C=O) groups is 2. The number of benzene rings is 2. The third kappa shape index (κ3) is 3.98. The molecule has 0 radical (unpaired) electrons. The first-order valence-electron chi connectivity index (χ1n) is 11.7. The van der Waals surface area contributed by atoms with E-state index < -0.39 is 5.92 Å². The molecular weight excluding hydrogens is 424 g/mol. The first-order chi connectivity index (χ1) is 16.4. The van der Waals surface area contributed by atoms with Crippen LogP contribution in [0.4, 0.5) is 5.69 Å². The van der Waals surface area contributed by atoms with E-state index in [0.717, 1.165) is 46.8 Å². The molecule has 5 nitrogen and oxygen atoms in total. The molecule has 5 heteroatoms. The predicted octanol–water partition coefficient (Wildman–Crippen LogP) is 6.17. The van der Waals surface area contributed by atoms with Gasteiger partial charge in [0.05, 0.1) is 11.5 Å². The summed E-state index contributed by atoms with van der Waals surface area (Å²) in [6, 6.07) is 19.6. The van der Waals surface area contributed by atoms with Crippen LogP contribution in [0, 0.1) is 13.8 Å². The molecule has 1 aromatic heterocycles. The second kappa shape index (κ2) is 8.82. The van der Waals surface area contributed by atoms with Crippen LogP contribution in [-0.2, 0) is 9.59 Å². The number of rotatable bonds is 4. The van der Waals surface area contributed by atoms with Gasteiger partial charge < -0.3 is 15.1 Å². The van der Waals surface area contributed by atoms with E-state index in [4.69, 9.17) is 4.42 Å². The summed E-state index contributed by atoms with van der Waals surface area (Å²) in [6.07, 6.45) is 2.07. The largest absolute Gasteiger partial charge is 0.460 e. The Hall–Kier alpha value is -3.86. The van der Waals surface area contributed by atoms with Crippen molar-refractivity contribution in [1.29, 1.82) is 0 Å². The van der Waals surface area contributed by atoms with E-state index in [1.807, 2.05) is 81.4 Å². The molecule has 2 N–H and O–H groups in total. The van der Waals surface area contributed by atoms with Gasteiger partial charge in [-0.1, -0.05) is 48.0 Å². The summed E-state index contributed by atoms with van der Waals surface area (Å²) in [5.41, 5.74) is 6.67. The first-order valence-corrected chi connectivity index (χ1v) is 11.7. The molecule has 0 bridgehead atoms. The number of nitrogens with one attached hydrogen (secondary N) is 2. The summed E-state index contributed by atoms with van der Waals surface area (Å²) < 4.78 is 6.32. The number of furan rings is 1. The van der Waals surface area contributed by atoms with E-state index in [2.05, 4.69) is 10.6 Å². The van der Waals surface area contributed by atoms with E-state index in [-0.39, 0.29) is 11.7 Å². The van der Waals surface area contributed by atoms with Crippen LogP contribution < -0.4 is 10.6 Å². The zero-order valence-corrected chi connectivity index (χ0v) is 19.7. The quantitative estimate of drug-likeness (QED) is 0.497. The minimum absolute atomic E-state index is 0.0701. The van der Waals surface area contributed by atoms with E-state index in [1.54, 1.807) is 0 Å². The Bertz CT molecular complexity index is 1340. The standard InChI is InChI=1S/C29H28N2O3/c1-17-11-13-20(14-12-17)24-15-16-25(34-24)28-26(29(33)31-21-8-5-4-7-18(21)2)19(3)30-22-9-6-10-23(32)27(22)28/h4-5,7-8,11-16,28,30H,6,9-10H2,1-3H3,(H,31,33). The van der Waals surface area contributed by atoms with Gasteiger partial charge in [0.2, 0.25) is 0 Å². The van der Waals surface area contributed by atoms with Crippen LogP contribution in [0.1, 0.15) is 49.0 Å². The zero-order chi connectivity index (χ0) is 23.8. The van der Waals surface area contributed by atoms with Gasteiger partial charge in [-0.25, -0.2) is 0 Å². The average molecular weight is 453 g/mol. The SMILES string of the molecule is CC1=C(C(=O)Nc2ccccc2C)C(c2ccc(-c3ccc(C)cc3)o2)C2=C(CCCC2=O)N1. The Morgan fingerprint density at radius 1 is 0.971 bits per heavy atom. The highest BCUT2D eigenvalue weighted by Gasteiger charge is 2.40. The Labute approximate surface area is 199 Å². The number of carbonyl (C=O) groups excluding carboxylic acids is 2. The summed E-state index contributed by atoms with van der Waals surface area (Å²) in [7, 11) is 0. The fourth-order valence-electron chi connectivity index (χ4n) is 4.85. The molecule has 2 aliphatic rings. The second-order valence-corrected chi connectivity index (χ2v) is 9.10. The zero-order valence-electron chi connectivity index (χ0n) is 19.7. The third-order valence-electron chi connectivity index (χ3n) is 6.66. The molecule has 0 saturated heterocycles. The Balaban J connectivity index is 1.58. The van der Waals surface area contributed by atoms with Crippen molar-refractivity contribution in [3.63, 3.8) is 0 Å². The van der Waals surface area contributed by atoms with Crippen LogP contribution in [0.2, 0.25) is 0 Å². The smallest absolute Gasteiger partial charge is 0.254 e. The van der Waals surface area contributed by atoms with Crippen LogP contribution in [0.15, 0.2) is 87.6 Å². The summed E-state index contributed by atoms with van der Waals surface area (Å²) >= 11 is 0. The monoisotopic (exact) mass is 452 g/mol. The predicted molar refractivity (Wildman–Crippen MR) is 133 cm³/mol. The first kappa shape index (κ1) is 22.0. The molecule has 1 amide bonds. The molecule has 172 valence electrons.